The topological polar surface area (TPSA) is 22.4 Å². The quantitative estimate of drug-likeness (QED) is 0.636. The Morgan fingerprint density at radius 1 is 1.28 bits per heavy atom. The molecule has 0 aliphatic rings. The number of furan rings is 1. The molecule has 0 spiro atoms. The minimum Gasteiger partial charge on any atom is -0.494 e. The molecule has 5 heteroatoms. The van der Waals surface area contributed by atoms with Crippen molar-refractivity contribution in [3.05, 3.63) is 50.8 Å². The van der Waals surface area contributed by atoms with Crippen LogP contribution in [-0.4, -0.2) is 6.61 Å². The van der Waals surface area contributed by atoms with E-state index in [1.165, 1.54) is 0 Å². The van der Waals surface area contributed by atoms with E-state index in [0.717, 1.165) is 15.8 Å². The summed E-state index contributed by atoms with van der Waals surface area (Å²) in [4.78, 5) is 0. The first-order chi connectivity index (χ1) is 8.61. The Bertz CT molecular complexity index is 540. The molecule has 0 radical (unpaired) electrons. The van der Waals surface area contributed by atoms with E-state index in [0.29, 0.717) is 17.0 Å². The fourth-order valence-electron chi connectivity index (χ4n) is 1.62. The van der Waals surface area contributed by atoms with Crippen molar-refractivity contribution in [3.8, 4) is 5.75 Å². The minimum absolute atomic E-state index is 0.379. The molecule has 1 atom stereocenters. The molecular formula is C13H11Br2ClO2. The van der Waals surface area contributed by atoms with E-state index in [1.54, 1.807) is 0 Å². The largest absolute Gasteiger partial charge is 0.494 e. The summed E-state index contributed by atoms with van der Waals surface area (Å²) in [7, 11) is 0. The van der Waals surface area contributed by atoms with E-state index >= 15 is 0 Å². The van der Waals surface area contributed by atoms with Crippen LogP contribution in [-0.2, 0) is 0 Å². The number of hydrogen-bond donors (Lipinski definition) is 0. The van der Waals surface area contributed by atoms with Gasteiger partial charge < -0.3 is 9.15 Å². The van der Waals surface area contributed by atoms with Gasteiger partial charge >= 0.3 is 0 Å². The first-order valence-corrected chi connectivity index (χ1v) is 7.45. The van der Waals surface area contributed by atoms with Crippen molar-refractivity contribution in [1.29, 1.82) is 0 Å². The lowest BCUT2D eigenvalue weighted by Gasteiger charge is -2.13. The van der Waals surface area contributed by atoms with Crippen LogP contribution in [0, 0.1) is 0 Å². The highest BCUT2D eigenvalue weighted by Crippen LogP contribution is 2.38. The summed E-state index contributed by atoms with van der Waals surface area (Å²) in [5.41, 5.74) is 0.884. The second kappa shape index (κ2) is 6.13. The summed E-state index contributed by atoms with van der Waals surface area (Å²) < 4.78 is 12.7. The molecule has 0 saturated heterocycles. The van der Waals surface area contributed by atoms with Crippen LogP contribution in [0.25, 0.3) is 0 Å². The van der Waals surface area contributed by atoms with Crippen molar-refractivity contribution < 1.29 is 9.15 Å². The predicted octanol–water partition coefficient (Wildman–Crippen LogP) is 5.53. The molecule has 96 valence electrons. The molecule has 1 unspecified atom stereocenters. The maximum atomic E-state index is 6.44. The van der Waals surface area contributed by atoms with Gasteiger partial charge in [0.2, 0.25) is 0 Å². The van der Waals surface area contributed by atoms with Gasteiger partial charge in [-0.3, -0.25) is 0 Å². The third-order valence-corrected chi connectivity index (χ3v) is 3.76. The highest BCUT2D eigenvalue weighted by molar-refractivity contribution is 9.10. The van der Waals surface area contributed by atoms with E-state index in [4.69, 9.17) is 20.8 Å². The Balaban J connectivity index is 2.39. The second-order valence-electron chi connectivity index (χ2n) is 3.62. The second-order valence-corrected chi connectivity index (χ2v) is 5.75. The molecule has 2 aromatic rings. The van der Waals surface area contributed by atoms with Gasteiger partial charge in [-0.2, -0.15) is 0 Å². The zero-order valence-electron chi connectivity index (χ0n) is 9.62. The number of ether oxygens (including phenoxy) is 1. The van der Waals surface area contributed by atoms with Crippen molar-refractivity contribution in [2.24, 2.45) is 0 Å². The lowest BCUT2D eigenvalue weighted by Crippen LogP contribution is -1.99. The van der Waals surface area contributed by atoms with Gasteiger partial charge in [0.25, 0.3) is 0 Å². The van der Waals surface area contributed by atoms with E-state index < -0.39 is 0 Å². The average Bonchev–Trinajstić information content (AvgIpc) is 2.77. The summed E-state index contributed by atoms with van der Waals surface area (Å²) in [6.45, 7) is 2.54. The Hall–Kier alpha value is -0.450. The summed E-state index contributed by atoms with van der Waals surface area (Å²) in [5, 5.41) is -0.379. The van der Waals surface area contributed by atoms with Crippen LogP contribution in [0.4, 0.5) is 0 Å². The molecule has 1 aromatic heterocycles. The molecule has 1 heterocycles. The Morgan fingerprint density at radius 3 is 2.67 bits per heavy atom. The maximum absolute atomic E-state index is 6.44. The predicted molar refractivity (Wildman–Crippen MR) is 79.4 cm³/mol. The van der Waals surface area contributed by atoms with E-state index in [2.05, 4.69) is 31.9 Å². The van der Waals surface area contributed by atoms with E-state index in [1.807, 2.05) is 37.3 Å². The van der Waals surface area contributed by atoms with Crippen molar-refractivity contribution in [2.45, 2.75) is 12.3 Å². The molecule has 0 fully saturated rings. The Morgan fingerprint density at radius 2 is 2.06 bits per heavy atom. The summed E-state index contributed by atoms with van der Waals surface area (Å²) in [6, 6.07) is 9.44. The van der Waals surface area contributed by atoms with Crippen LogP contribution in [0.3, 0.4) is 0 Å². The fourth-order valence-corrected chi connectivity index (χ4v) is 2.61. The Labute approximate surface area is 128 Å². The number of alkyl halides is 1. The summed E-state index contributed by atoms with van der Waals surface area (Å²) in [6.07, 6.45) is 0. The van der Waals surface area contributed by atoms with Gasteiger partial charge in [-0.05, 0) is 53.2 Å². The molecule has 0 aliphatic heterocycles. The summed E-state index contributed by atoms with van der Waals surface area (Å²) >= 11 is 13.2. The first kappa shape index (κ1) is 14.0. The third-order valence-electron chi connectivity index (χ3n) is 2.39. The smallest absolute Gasteiger partial charge is 0.169 e. The van der Waals surface area contributed by atoms with Crippen LogP contribution in [0.2, 0.25) is 0 Å². The lowest BCUT2D eigenvalue weighted by molar-refractivity contribution is 0.335. The first-order valence-electron chi connectivity index (χ1n) is 5.43. The molecule has 0 bridgehead atoms. The van der Waals surface area contributed by atoms with Crippen LogP contribution in [0.5, 0.6) is 5.75 Å². The van der Waals surface area contributed by atoms with Crippen LogP contribution in [0.15, 0.2) is 43.9 Å². The lowest BCUT2D eigenvalue weighted by atomic mass is 10.1. The molecule has 0 saturated carbocycles. The normalized spacial score (nSPS) is 12.4. The highest BCUT2D eigenvalue weighted by Gasteiger charge is 2.19. The summed E-state index contributed by atoms with van der Waals surface area (Å²) in [5.74, 6) is 1.45. The number of benzene rings is 1. The fraction of sp³-hybridized carbons (Fsp3) is 0.231. The number of rotatable bonds is 4. The van der Waals surface area contributed by atoms with Crippen molar-refractivity contribution in [2.75, 3.05) is 6.61 Å². The number of hydrogen-bond acceptors (Lipinski definition) is 2. The van der Waals surface area contributed by atoms with Crippen molar-refractivity contribution in [1.82, 2.24) is 0 Å². The third kappa shape index (κ3) is 3.11. The average molecular weight is 394 g/mol. The molecule has 2 nitrogen and oxygen atoms in total. The van der Waals surface area contributed by atoms with Crippen molar-refractivity contribution in [3.63, 3.8) is 0 Å². The van der Waals surface area contributed by atoms with Gasteiger partial charge in [0.15, 0.2) is 4.67 Å². The molecule has 2 rings (SSSR count). The standard InChI is InChI=1S/C13H11Br2ClO2/c1-2-17-10-4-3-8(14)7-9(10)13(16)11-5-6-12(15)18-11/h3-7,13H,2H2,1H3. The highest BCUT2D eigenvalue weighted by atomic mass is 79.9. The van der Waals surface area contributed by atoms with Crippen LogP contribution < -0.4 is 4.74 Å². The zero-order chi connectivity index (χ0) is 13.1. The minimum atomic E-state index is -0.379. The van der Waals surface area contributed by atoms with Gasteiger partial charge in [-0.1, -0.05) is 15.9 Å². The molecule has 0 N–H and O–H groups in total. The van der Waals surface area contributed by atoms with Crippen LogP contribution >= 0.6 is 43.5 Å². The molecule has 0 aliphatic carbocycles. The van der Waals surface area contributed by atoms with Crippen LogP contribution in [0.1, 0.15) is 23.6 Å². The van der Waals surface area contributed by atoms with Gasteiger partial charge in [-0.25, -0.2) is 0 Å². The van der Waals surface area contributed by atoms with Gasteiger partial charge in [0.1, 0.15) is 16.9 Å². The zero-order valence-corrected chi connectivity index (χ0v) is 13.5. The Kier molecular flexibility index (Phi) is 4.76. The number of halogens is 3. The van der Waals surface area contributed by atoms with Crippen molar-refractivity contribution >= 4 is 43.5 Å². The SMILES string of the molecule is CCOc1ccc(Br)cc1C(Cl)c1ccc(Br)o1. The van der Waals surface area contributed by atoms with Gasteiger partial charge in [0.05, 0.1) is 6.61 Å². The molecule has 1 aromatic carbocycles. The van der Waals surface area contributed by atoms with Gasteiger partial charge in [-0.15, -0.1) is 11.6 Å². The maximum Gasteiger partial charge on any atom is 0.169 e. The van der Waals surface area contributed by atoms with E-state index in [9.17, 15) is 0 Å². The molecular weight excluding hydrogens is 383 g/mol. The molecule has 0 amide bonds. The molecule has 18 heavy (non-hydrogen) atoms. The van der Waals surface area contributed by atoms with E-state index in [-0.39, 0.29) is 5.38 Å². The monoisotopic (exact) mass is 392 g/mol. The van der Waals surface area contributed by atoms with Gasteiger partial charge in [0, 0.05) is 10.0 Å².